The zero-order valence-electron chi connectivity index (χ0n) is 11.6. The highest BCUT2D eigenvalue weighted by Gasteiger charge is 2.44. The van der Waals surface area contributed by atoms with Crippen molar-refractivity contribution in [2.75, 3.05) is 13.1 Å². The molecule has 0 saturated carbocycles. The maximum absolute atomic E-state index is 12.8. The Kier molecular flexibility index (Phi) is 2.60. The van der Waals surface area contributed by atoms with E-state index in [2.05, 4.69) is 22.1 Å². The average Bonchev–Trinajstić information content (AvgIpc) is 3.11. The molecule has 4 heteroatoms. The number of aromatic amines is 1. The quantitative estimate of drug-likeness (QED) is 0.831. The monoisotopic (exact) mass is 269 g/mol. The average molecular weight is 269 g/mol. The summed E-state index contributed by atoms with van der Waals surface area (Å²) in [4.78, 5) is 18.1. The Hall–Kier alpha value is -1.81. The normalized spacial score (nSPS) is 29.1. The summed E-state index contributed by atoms with van der Waals surface area (Å²) in [5, 5.41) is 4.56. The number of benzene rings is 1. The van der Waals surface area contributed by atoms with Gasteiger partial charge in [-0.3, -0.25) is 4.79 Å². The van der Waals surface area contributed by atoms with Gasteiger partial charge in [0.05, 0.1) is 0 Å². The fourth-order valence-corrected chi connectivity index (χ4v) is 3.84. The van der Waals surface area contributed by atoms with Crippen LogP contribution in [0, 0.1) is 5.92 Å². The van der Waals surface area contributed by atoms with Crippen LogP contribution in [0.3, 0.4) is 0 Å². The number of fused-ring (bicyclic) bond motifs is 2. The second-order valence-electron chi connectivity index (χ2n) is 6.06. The van der Waals surface area contributed by atoms with Gasteiger partial charge in [-0.15, -0.1) is 0 Å². The molecule has 0 aliphatic carbocycles. The molecule has 4 rings (SSSR count). The van der Waals surface area contributed by atoms with Crippen molar-refractivity contribution in [1.29, 1.82) is 0 Å². The number of likely N-dealkylation sites (tertiary alicyclic amines) is 1. The van der Waals surface area contributed by atoms with Gasteiger partial charge >= 0.3 is 0 Å². The zero-order chi connectivity index (χ0) is 13.7. The SMILES string of the molecule is CC1CC2CNCC2N1C(=O)c1ccc2cc[nH]c2c1. The third kappa shape index (κ3) is 1.68. The Morgan fingerprint density at radius 1 is 1.30 bits per heavy atom. The van der Waals surface area contributed by atoms with Gasteiger partial charge in [0.2, 0.25) is 0 Å². The first-order valence-electron chi connectivity index (χ1n) is 7.34. The molecule has 1 amide bonds. The summed E-state index contributed by atoms with van der Waals surface area (Å²) in [6, 6.07) is 8.68. The molecule has 1 aromatic carbocycles. The molecule has 2 saturated heterocycles. The van der Waals surface area contributed by atoms with Crippen molar-refractivity contribution < 1.29 is 4.79 Å². The molecule has 0 spiro atoms. The van der Waals surface area contributed by atoms with Gasteiger partial charge in [0.25, 0.3) is 5.91 Å². The number of nitrogens with zero attached hydrogens (tertiary/aromatic N) is 1. The van der Waals surface area contributed by atoms with Crippen LogP contribution in [-0.2, 0) is 0 Å². The predicted octanol–water partition coefficient (Wildman–Crippen LogP) is 1.99. The van der Waals surface area contributed by atoms with E-state index < -0.39 is 0 Å². The van der Waals surface area contributed by atoms with Crippen LogP contribution >= 0.6 is 0 Å². The number of nitrogens with one attached hydrogen (secondary N) is 2. The van der Waals surface area contributed by atoms with Gasteiger partial charge < -0.3 is 15.2 Å². The molecule has 3 unspecified atom stereocenters. The van der Waals surface area contributed by atoms with Crippen LogP contribution in [0.4, 0.5) is 0 Å². The Bertz CT molecular complexity index is 663. The van der Waals surface area contributed by atoms with Crippen molar-refractivity contribution in [3.05, 3.63) is 36.0 Å². The summed E-state index contributed by atoms with van der Waals surface area (Å²) in [5.74, 6) is 0.799. The number of amides is 1. The van der Waals surface area contributed by atoms with Crippen molar-refractivity contribution in [1.82, 2.24) is 15.2 Å². The smallest absolute Gasteiger partial charge is 0.254 e. The highest BCUT2D eigenvalue weighted by molar-refractivity contribution is 5.98. The van der Waals surface area contributed by atoms with Gasteiger partial charge in [0, 0.05) is 42.5 Å². The first kappa shape index (κ1) is 12.0. The lowest BCUT2D eigenvalue weighted by Crippen LogP contribution is -2.42. The Morgan fingerprint density at radius 3 is 3.10 bits per heavy atom. The Labute approximate surface area is 118 Å². The molecule has 2 N–H and O–H groups in total. The molecule has 2 fully saturated rings. The molecule has 2 aromatic rings. The number of rotatable bonds is 1. The lowest BCUT2D eigenvalue weighted by molar-refractivity contribution is 0.0682. The second-order valence-corrected chi connectivity index (χ2v) is 6.06. The summed E-state index contributed by atoms with van der Waals surface area (Å²) < 4.78 is 0. The predicted molar refractivity (Wildman–Crippen MR) is 78.7 cm³/mol. The standard InChI is InChI=1S/C16H19N3O/c1-10-6-13-8-17-9-15(13)19(10)16(20)12-3-2-11-4-5-18-14(11)7-12/h2-5,7,10,13,15,17-18H,6,8-9H2,1H3. The largest absolute Gasteiger partial charge is 0.361 e. The third-order valence-electron chi connectivity index (χ3n) is 4.82. The summed E-state index contributed by atoms with van der Waals surface area (Å²) in [6.07, 6.45) is 3.03. The Morgan fingerprint density at radius 2 is 2.20 bits per heavy atom. The van der Waals surface area contributed by atoms with Crippen LogP contribution in [0.1, 0.15) is 23.7 Å². The van der Waals surface area contributed by atoms with Gasteiger partial charge in [-0.2, -0.15) is 0 Å². The minimum absolute atomic E-state index is 0.171. The maximum Gasteiger partial charge on any atom is 0.254 e. The first-order valence-corrected chi connectivity index (χ1v) is 7.34. The minimum atomic E-state index is 0.171. The summed E-state index contributed by atoms with van der Waals surface area (Å²) in [7, 11) is 0. The molecule has 2 aliphatic heterocycles. The molecule has 2 aliphatic rings. The first-order chi connectivity index (χ1) is 9.74. The van der Waals surface area contributed by atoms with Gasteiger partial charge in [-0.1, -0.05) is 6.07 Å². The lowest BCUT2D eigenvalue weighted by atomic mass is 10.0. The van der Waals surface area contributed by atoms with Gasteiger partial charge in [0.1, 0.15) is 0 Å². The van der Waals surface area contributed by atoms with Crippen molar-refractivity contribution in [2.24, 2.45) is 5.92 Å². The highest BCUT2D eigenvalue weighted by atomic mass is 16.2. The van der Waals surface area contributed by atoms with Gasteiger partial charge in [-0.25, -0.2) is 0 Å². The highest BCUT2D eigenvalue weighted by Crippen LogP contribution is 2.33. The second kappa shape index (κ2) is 4.35. The minimum Gasteiger partial charge on any atom is -0.361 e. The van der Waals surface area contributed by atoms with Crippen molar-refractivity contribution >= 4 is 16.8 Å². The van der Waals surface area contributed by atoms with E-state index >= 15 is 0 Å². The molecular formula is C16H19N3O. The van der Waals surface area contributed by atoms with E-state index in [0.29, 0.717) is 18.0 Å². The van der Waals surface area contributed by atoms with Gasteiger partial charge in [-0.05, 0) is 42.8 Å². The zero-order valence-corrected chi connectivity index (χ0v) is 11.6. The van der Waals surface area contributed by atoms with Crippen LogP contribution < -0.4 is 5.32 Å². The molecular weight excluding hydrogens is 250 g/mol. The van der Waals surface area contributed by atoms with Crippen molar-refractivity contribution in [3.8, 4) is 0 Å². The molecule has 20 heavy (non-hydrogen) atoms. The van der Waals surface area contributed by atoms with E-state index in [1.807, 2.05) is 30.5 Å². The molecule has 3 atom stereocenters. The van der Waals surface area contributed by atoms with Crippen LogP contribution in [-0.4, -0.2) is 41.0 Å². The van der Waals surface area contributed by atoms with Crippen LogP contribution in [0.15, 0.2) is 30.5 Å². The van der Waals surface area contributed by atoms with E-state index in [-0.39, 0.29) is 5.91 Å². The number of hydrogen-bond acceptors (Lipinski definition) is 2. The van der Waals surface area contributed by atoms with E-state index in [1.165, 1.54) is 0 Å². The fraction of sp³-hybridized carbons (Fsp3) is 0.438. The summed E-state index contributed by atoms with van der Waals surface area (Å²) in [5.41, 5.74) is 1.82. The van der Waals surface area contributed by atoms with Crippen LogP contribution in [0.5, 0.6) is 0 Å². The number of carbonyl (C=O) groups is 1. The molecule has 104 valence electrons. The van der Waals surface area contributed by atoms with E-state index in [1.54, 1.807) is 0 Å². The summed E-state index contributed by atoms with van der Waals surface area (Å²) in [6.45, 7) is 4.16. The molecule has 1 aromatic heterocycles. The van der Waals surface area contributed by atoms with Crippen LogP contribution in [0.2, 0.25) is 0 Å². The van der Waals surface area contributed by atoms with E-state index in [4.69, 9.17) is 0 Å². The van der Waals surface area contributed by atoms with Crippen molar-refractivity contribution in [2.45, 2.75) is 25.4 Å². The van der Waals surface area contributed by atoms with Crippen LogP contribution in [0.25, 0.3) is 10.9 Å². The van der Waals surface area contributed by atoms with Crippen molar-refractivity contribution in [3.63, 3.8) is 0 Å². The third-order valence-corrected chi connectivity index (χ3v) is 4.82. The molecule has 4 nitrogen and oxygen atoms in total. The fourth-order valence-electron chi connectivity index (χ4n) is 3.84. The lowest BCUT2D eigenvalue weighted by Gasteiger charge is -2.27. The topological polar surface area (TPSA) is 48.1 Å². The number of carbonyl (C=O) groups excluding carboxylic acids is 1. The molecule has 0 radical (unpaired) electrons. The Balaban J connectivity index is 1.68. The van der Waals surface area contributed by atoms with E-state index in [0.717, 1.165) is 36.0 Å². The summed E-state index contributed by atoms with van der Waals surface area (Å²) >= 11 is 0. The van der Waals surface area contributed by atoms with Gasteiger partial charge in [0.15, 0.2) is 0 Å². The van der Waals surface area contributed by atoms with E-state index in [9.17, 15) is 4.79 Å². The molecule has 3 heterocycles. The number of aromatic nitrogens is 1. The maximum atomic E-state index is 12.8. The molecule has 0 bridgehead atoms. The number of H-pyrrole nitrogens is 1. The number of hydrogen-bond donors (Lipinski definition) is 2.